The number of rotatable bonds is 1. The van der Waals surface area contributed by atoms with Gasteiger partial charge in [-0.25, -0.2) is 4.79 Å². The van der Waals surface area contributed by atoms with E-state index in [0.717, 1.165) is 0 Å². The SMILES string of the molecule is [2H]Cc1occc1C(=O)O. The Balaban J connectivity index is 3.01. The molecule has 0 saturated heterocycles. The van der Waals surface area contributed by atoms with Crippen LogP contribution in [-0.2, 0) is 0 Å². The summed E-state index contributed by atoms with van der Waals surface area (Å²) in [5.41, 5.74) is 0.0787. The molecule has 3 nitrogen and oxygen atoms in total. The number of carboxylic acid groups (broad SMARTS) is 1. The van der Waals surface area contributed by atoms with E-state index in [2.05, 4.69) is 0 Å². The molecule has 0 aliphatic rings. The van der Waals surface area contributed by atoms with Crippen LogP contribution in [0.1, 0.15) is 17.5 Å². The summed E-state index contributed by atoms with van der Waals surface area (Å²) in [4.78, 5) is 10.3. The van der Waals surface area contributed by atoms with Gasteiger partial charge in [-0.3, -0.25) is 0 Å². The predicted molar refractivity (Wildman–Crippen MR) is 30.4 cm³/mol. The maximum Gasteiger partial charge on any atom is 0.339 e. The molecule has 9 heavy (non-hydrogen) atoms. The maximum absolute atomic E-state index is 10.3. The molecule has 0 unspecified atom stereocenters. The first-order valence-corrected chi connectivity index (χ1v) is 2.34. The highest BCUT2D eigenvalue weighted by Crippen LogP contribution is 2.07. The van der Waals surface area contributed by atoms with E-state index in [0.29, 0.717) is 0 Å². The molecule has 0 bridgehead atoms. The van der Waals surface area contributed by atoms with E-state index in [-0.39, 0.29) is 18.2 Å². The topological polar surface area (TPSA) is 50.4 Å². The summed E-state index contributed by atoms with van der Waals surface area (Å²) in [6.07, 6.45) is 1.27. The van der Waals surface area contributed by atoms with Crippen LogP contribution in [0.5, 0.6) is 0 Å². The zero-order chi connectivity index (χ0) is 7.56. The lowest BCUT2D eigenvalue weighted by molar-refractivity contribution is 0.0695. The first kappa shape index (κ1) is 4.61. The molecule has 1 rings (SSSR count). The Hall–Kier alpha value is -1.25. The highest BCUT2D eigenvalue weighted by Gasteiger charge is 2.07. The number of carboxylic acids is 1. The molecule has 1 N–H and O–H groups in total. The third-order valence-electron chi connectivity index (χ3n) is 0.976. The van der Waals surface area contributed by atoms with Crippen molar-refractivity contribution < 1.29 is 15.7 Å². The number of carbonyl (C=O) groups is 1. The number of aromatic carboxylic acids is 1. The summed E-state index contributed by atoms with van der Waals surface area (Å²) in [5, 5.41) is 8.44. The third-order valence-corrected chi connectivity index (χ3v) is 0.976. The molecule has 0 amide bonds. The van der Waals surface area contributed by atoms with Gasteiger partial charge in [-0.2, -0.15) is 0 Å². The molecular formula is C6H6O3. The van der Waals surface area contributed by atoms with Crippen molar-refractivity contribution in [3.8, 4) is 0 Å². The molecule has 0 fully saturated rings. The van der Waals surface area contributed by atoms with Crippen LogP contribution in [-0.4, -0.2) is 11.1 Å². The standard InChI is InChI=1S/C6H6O3/c1-4-5(6(7)8)2-3-9-4/h2-3H,1H3,(H,7,8)/i1D. The van der Waals surface area contributed by atoms with Crippen molar-refractivity contribution in [1.82, 2.24) is 0 Å². The van der Waals surface area contributed by atoms with E-state index in [4.69, 9.17) is 10.9 Å². The first-order valence-electron chi connectivity index (χ1n) is 3.05. The number of hydrogen-bond acceptors (Lipinski definition) is 2. The summed E-state index contributed by atoms with van der Waals surface area (Å²) in [6, 6.07) is 1.34. The Bertz CT molecular complexity index is 241. The highest BCUT2D eigenvalue weighted by molar-refractivity contribution is 5.88. The van der Waals surface area contributed by atoms with Crippen LogP contribution in [0.25, 0.3) is 0 Å². The second kappa shape index (κ2) is 1.93. The van der Waals surface area contributed by atoms with Crippen molar-refractivity contribution in [2.45, 2.75) is 6.90 Å². The van der Waals surface area contributed by atoms with Crippen LogP contribution < -0.4 is 0 Å². The van der Waals surface area contributed by atoms with Gasteiger partial charge in [0.25, 0.3) is 0 Å². The van der Waals surface area contributed by atoms with Gasteiger partial charge in [0.05, 0.1) is 6.26 Å². The van der Waals surface area contributed by atoms with Crippen molar-refractivity contribution in [1.29, 1.82) is 0 Å². The molecule has 0 aromatic carbocycles. The van der Waals surface area contributed by atoms with E-state index in [1.165, 1.54) is 12.3 Å². The van der Waals surface area contributed by atoms with Gasteiger partial charge in [0.1, 0.15) is 11.3 Å². The molecule has 1 aromatic rings. The van der Waals surface area contributed by atoms with E-state index < -0.39 is 5.97 Å². The minimum absolute atomic E-state index is 0.0787. The Morgan fingerprint density at radius 3 is 3.22 bits per heavy atom. The van der Waals surface area contributed by atoms with Gasteiger partial charge in [0, 0.05) is 1.37 Å². The Labute approximate surface area is 53.3 Å². The average Bonchev–Trinajstić information content (AvgIpc) is 2.33. The zero-order valence-electron chi connectivity index (χ0n) is 5.63. The fraction of sp³-hybridized carbons (Fsp3) is 0.167. The van der Waals surface area contributed by atoms with Crippen LogP contribution in [0.4, 0.5) is 0 Å². The Kier molecular flexibility index (Phi) is 0.990. The molecule has 48 valence electrons. The van der Waals surface area contributed by atoms with Gasteiger partial charge in [0.15, 0.2) is 0 Å². The summed E-state index contributed by atoms with van der Waals surface area (Å²) >= 11 is 0. The van der Waals surface area contributed by atoms with Crippen LogP contribution in [0, 0.1) is 6.90 Å². The molecule has 1 heterocycles. The van der Waals surface area contributed by atoms with E-state index >= 15 is 0 Å². The summed E-state index contributed by atoms with van der Waals surface area (Å²) in [5.74, 6) is -0.844. The zero-order valence-corrected chi connectivity index (χ0v) is 4.63. The normalized spacial score (nSPS) is 10.9. The van der Waals surface area contributed by atoms with Gasteiger partial charge in [-0.05, 0) is 13.0 Å². The minimum Gasteiger partial charge on any atom is -0.478 e. The van der Waals surface area contributed by atoms with Gasteiger partial charge in [-0.15, -0.1) is 0 Å². The van der Waals surface area contributed by atoms with E-state index in [9.17, 15) is 4.79 Å². The first-order chi connectivity index (χ1) is 4.75. The van der Waals surface area contributed by atoms with Gasteiger partial charge in [-0.1, -0.05) is 0 Å². The Morgan fingerprint density at radius 1 is 2.00 bits per heavy atom. The van der Waals surface area contributed by atoms with E-state index in [1.54, 1.807) is 0 Å². The molecule has 0 aliphatic heterocycles. The fourth-order valence-electron chi connectivity index (χ4n) is 0.531. The lowest BCUT2D eigenvalue weighted by Crippen LogP contribution is -1.94. The van der Waals surface area contributed by atoms with Crippen molar-refractivity contribution >= 4 is 5.97 Å². The molecule has 0 atom stereocenters. The smallest absolute Gasteiger partial charge is 0.339 e. The fourth-order valence-corrected chi connectivity index (χ4v) is 0.531. The molecule has 3 heteroatoms. The molecule has 0 spiro atoms. The number of furan rings is 1. The second-order valence-electron chi connectivity index (χ2n) is 1.56. The molecule has 1 aromatic heterocycles. The van der Waals surface area contributed by atoms with E-state index in [1.807, 2.05) is 0 Å². The number of aryl methyl sites for hydroxylation is 1. The number of hydrogen-bond donors (Lipinski definition) is 1. The van der Waals surface area contributed by atoms with Crippen molar-refractivity contribution in [3.63, 3.8) is 0 Å². The highest BCUT2D eigenvalue weighted by atomic mass is 16.4. The quantitative estimate of drug-likeness (QED) is 0.618. The van der Waals surface area contributed by atoms with Crippen molar-refractivity contribution in [2.24, 2.45) is 0 Å². The molecule has 0 radical (unpaired) electrons. The lowest BCUT2D eigenvalue weighted by atomic mass is 10.3. The van der Waals surface area contributed by atoms with Crippen LogP contribution in [0.3, 0.4) is 0 Å². The minimum atomic E-state index is -1.05. The van der Waals surface area contributed by atoms with Crippen molar-refractivity contribution in [2.75, 3.05) is 0 Å². The monoisotopic (exact) mass is 127 g/mol. The molecular weight excluding hydrogens is 120 g/mol. The molecule has 0 saturated carbocycles. The molecule has 0 aliphatic carbocycles. The van der Waals surface area contributed by atoms with Crippen LogP contribution in [0.15, 0.2) is 16.7 Å². The second-order valence-corrected chi connectivity index (χ2v) is 1.56. The lowest BCUT2D eigenvalue weighted by Gasteiger charge is -1.85. The Morgan fingerprint density at radius 2 is 2.78 bits per heavy atom. The van der Waals surface area contributed by atoms with Gasteiger partial charge >= 0.3 is 5.97 Å². The maximum atomic E-state index is 10.3. The summed E-state index contributed by atoms with van der Waals surface area (Å²) in [7, 11) is 0. The van der Waals surface area contributed by atoms with Crippen LogP contribution >= 0.6 is 0 Å². The predicted octanol–water partition coefficient (Wildman–Crippen LogP) is 1.29. The third kappa shape index (κ3) is 0.937. The summed E-state index contributed by atoms with van der Waals surface area (Å²) in [6.45, 7) is -0.130. The van der Waals surface area contributed by atoms with Gasteiger partial charge in [0.2, 0.25) is 0 Å². The largest absolute Gasteiger partial charge is 0.478 e. The van der Waals surface area contributed by atoms with Crippen LogP contribution in [0.2, 0.25) is 0 Å². The van der Waals surface area contributed by atoms with Crippen molar-refractivity contribution in [3.05, 3.63) is 23.7 Å². The van der Waals surface area contributed by atoms with Gasteiger partial charge < -0.3 is 9.52 Å². The average molecular weight is 127 g/mol. The summed E-state index contributed by atoms with van der Waals surface area (Å²) < 4.78 is 11.5.